The maximum absolute atomic E-state index is 15.3. The predicted molar refractivity (Wildman–Crippen MR) is 189 cm³/mol. The zero-order valence-electron chi connectivity index (χ0n) is 27.7. The van der Waals surface area contributed by atoms with Crippen molar-refractivity contribution >= 4 is 40.9 Å². The number of halogens is 1. The number of nitrogens with zero attached hydrogens (tertiary/aromatic N) is 2. The van der Waals surface area contributed by atoms with Gasteiger partial charge in [0.1, 0.15) is 17.2 Å². The van der Waals surface area contributed by atoms with Crippen LogP contribution < -0.4 is 9.64 Å². The number of hydrogen-bond acceptors (Lipinski definition) is 7. The van der Waals surface area contributed by atoms with E-state index in [0.29, 0.717) is 40.4 Å². The lowest BCUT2D eigenvalue weighted by molar-refractivity contribution is -0.140. The van der Waals surface area contributed by atoms with Crippen LogP contribution in [0.15, 0.2) is 109 Å². The number of phenolic OH excluding ortho intramolecular Hbond substituents is 2. The average molecular weight is 703 g/mol. The summed E-state index contributed by atoms with van der Waals surface area (Å²) in [5, 5.41) is 20.6. The summed E-state index contributed by atoms with van der Waals surface area (Å²) in [5.41, 5.74) is 1.81. The van der Waals surface area contributed by atoms with E-state index < -0.39 is 46.8 Å². The highest BCUT2D eigenvalue weighted by molar-refractivity contribution is 6.32. The van der Waals surface area contributed by atoms with Gasteiger partial charge in [-0.3, -0.25) is 24.1 Å². The topological polar surface area (TPSA) is 124 Å². The molecule has 0 radical (unpaired) electrons. The molecule has 0 bridgehead atoms. The van der Waals surface area contributed by atoms with Crippen LogP contribution in [-0.2, 0) is 31.0 Å². The number of likely N-dealkylation sites (tertiary alicyclic amines) is 1. The number of phenols is 2. The number of allylic oxidation sites excluding steroid dienone is 2. The zero-order chi connectivity index (χ0) is 35.6. The monoisotopic (exact) mass is 702 g/mol. The molecule has 8 rings (SSSR count). The molecular formula is C41H35ClN2O7. The van der Waals surface area contributed by atoms with Crippen LogP contribution in [0.4, 0.5) is 5.69 Å². The molecule has 2 saturated heterocycles. The van der Waals surface area contributed by atoms with E-state index in [2.05, 4.69) is 0 Å². The van der Waals surface area contributed by atoms with Gasteiger partial charge >= 0.3 is 0 Å². The third kappa shape index (κ3) is 4.97. The fourth-order valence-corrected chi connectivity index (χ4v) is 9.40. The molecule has 2 heterocycles. The normalized spacial score (nSPS) is 26.9. The number of carbonyl (C=O) groups excluding carboxylic acids is 4. The van der Waals surface area contributed by atoms with Crippen molar-refractivity contribution in [3.63, 3.8) is 0 Å². The number of imide groups is 2. The minimum atomic E-state index is -1.45. The van der Waals surface area contributed by atoms with E-state index in [1.54, 1.807) is 54.6 Å². The number of amides is 4. The van der Waals surface area contributed by atoms with Crippen molar-refractivity contribution in [3.8, 4) is 17.2 Å². The number of methoxy groups -OCH3 is 1. The molecule has 9 nitrogen and oxygen atoms in total. The molecule has 2 N–H and O–H groups in total. The molecule has 4 aliphatic rings. The Labute approximate surface area is 299 Å². The molecule has 258 valence electrons. The van der Waals surface area contributed by atoms with Crippen LogP contribution in [0, 0.1) is 23.7 Å². The second kappa shape index (κ2) is 12.4. The number of benzene rings is 4. The largest absolute Gasteiger partial charge is 0.508 e. The van der Waals surface area contributed by atoms with Gasteiger partial charge in [-0.1, -0.05) is 77.8 Å². The summed E-state index contributed by atoms with van der Waals surface area (Å²) in [7, 11) is 1.49. The van der Waals surface area contributed by atoms with E-state index in [-0.39, 0.29) is 36.3 Å². The standard InChI is InChI=1S/C41H35ClN2O7/c1-51-34-21-28(46)14-15-30(34)36-29-16-17-31-35(39(49)43(37(31)47)19-18-23-10-12-27(45)13-11-23)32(29)22-33-38(48)44(26-9-5-8-25(42)20-26)40(50)41(33,36)24-6-3-2-4-7-24/h2-16,20-21,31-33,35-36,45-46H,17-19,22H2,1H3. The van der Waals surface area contributed by atoms with Gasteiger partial charge in [0.05, 0.1) is 36.0 Å². The molecule has 3 fully saturated rings. The predicted octanol–water partition coefficient (Wildman–Crippen LogP) is 6.16. The molecule has 4 amide bonds. The van der Waals surface area contributed by atoms with E-state index in [9.17, 15) is 24.6 Å². The van der Waals surface area contributed by atoms with Gasteiger partial charge in [-0.25, -0.2) is 4.90 Å². The Balaban J connectivity index is 1.29. The van der Waals surface area contributed by atoms with Gasteiger partial charge in [-0.15, -0.1) is 0 Å². The Kier molecular flexibility index (Phi) is 7.98. The smallest absolute Gasteiger partial charge is 0.246 e. The quantitative estimate of drug-likeness (QED) is 0.175. The lowest BCUT2D eigenvalue weighted by Gasteiger charge is -2.51. The summed E-state index contributed by atoms with van der Waals surface area (Å²) < 4.78 is 5.84. The Morgan fingerprint density at radius 3 is 2.29 bits per heavy atom. The van der Waals surface area contributed by atoms with Crippen LogP contribution in [0.3, 0.4) is 0 Å². The van der Waals surface area contributed by atoms with Gasteiger partial charge in [0.25, 0.3) is 0 Å². The van der Waals surface area contributed by atoms with E-state index >= 15 is 4.79 Å². The summed E-state index contributed by atoms with van der Waals surface area (Å²) in [4.78, 5) is 61.1. The van der Waals surface area contributed by atoms with E-state index in [1.807, 2.05) is 36.4 Å². The number of rotatable bonds is 7. The van der Waals surface area contributed by atoms with Gasteiger partial charge < -0.3 is 14.9 Å². The first-order chi connectivity index (χ1) is 24.6. The Bertz CT molecular complexity index is 2120. The fourth-order valence-electron chi connectivity index (χ4n) is 9.22. The summed E-state index contributed by atoms with van der Waals surface area (Å²) in [5.74, 6) is -4.46. The third-order valence-electron chi connectivity index (χ3n) is 11.3. The van der Waals surface area contributed by atoms with Crippen LogP contribution in [-0.4, -0.2) is 52.4 Å². The molecular weight excluding hydrogens is 668 g/mol. The first kappa shape index (κ1) is 32.8. The molecule has 1 saturated carbocycles. The molecule has 51 heavy (non-hydrogen) atoms. The molecule has 4 aromatic carbocycles. The highest BCUT2D eigenvalue weighted by Crippen LogP contribution is 2.65. The Morgan fingerprint density at radius 2 is 1.57 bits per heavy atom. The highest BCUT2D eigenvalue weighted by atomic mass is 35.5. The molecule has 0 spiro atoms. The first-order valence-corrected chi connectivity index (χ1v) is 17.4. The van der Waals surface area contributed by atoms with Crippen molar-refractivity contribution in [2.75, 3.05) is 18.6 Å². The van der Waals surface area contributed by atoms with Crippen LogP contribution in [0.25, 0.3) is 0 Å². The van der Waals surface area contributed by atoms with E-state index in [4.69, 9.17) is 16.3 Å². The van der Waals surface area contributed by atoms with Crippen LogP contribution in [0.5, 0.6) is 17.2 Å². The van der Waals surface area contributed by atoms with E-state index in [1.165, 1.54) is 29.0 Å². The van der Waals surface area contributed by atoms with Crippen LogP contribution in [0.2, 0.25) is 5.02 Å². The van der Waals surface area contributed by atoms with Gasteiger partial charge in [-0.2, -0.15) is 0 Å². The number of fused-ring (bicyclic) bond motifs is 4. The summed E-state index contributed by atoms with van der Waals surface area (Å²) in [6.45, 7) is 0.185. The number of carbonyl (C=O) groups is 4. The molecule has 2 aliphatic heterocycles. The van der Waals surface area contributed by atoms with Gasteiger partial charge in [0.2, 0.25) is 23.6 Å². The van der Waals surface area contributed by atoms with Gasteiger partial charge in [0.15, 0.2) is 0 Å². The second-order valence-corrected chi connectivity index (χ2v) is 14.2. The van der Waals surface area contributed by atoms with E-state index in [0.717, 1.165) is 11.1 Å². The van der Waals surface area contributed by atoms with Gasteiger partial charge in [-0.05, 0) is 72.7 Å². The molecule has 10 heteroatoms. The van der Waals surface area contributed by atoms with Crippen molar-refractivity contribution < 1.29 is 34.1 Å². The first-order valence-electron chi connectivity index (χ1n) is 17.0. The molecule has 6 atom stereocenters. The second-order valence-electron chi connectivity index (χ2n) is 13.8. The maximum Gasteiger partial charge on any atom is 0.246 e. The van der Waals surface area contributed by atoms with Gasteiger partial charge in [0, 0.05) is 29.1 Å². The van der Waals surface area contributed by atoms with Crippen molar-refractivity contribution in [3.05, 3.63) is 130 Å². The summed E-state index contributed by atoms with van der Waals surface area (Å²) in [6.07, 6.45) is 2.89. The molecule has 0 aromatic heterocycles. The zero-order valence-corrected chi connectivity index (χ0v) is 28.5. The van der Waals surface area contributed by atoms with Crippen LogP contribution in [0.1, 0.15) is 35.4 Å². The van der Waals surface area contributed by atoms with Crippen molar-refractivity contribution in [1.29, 1.82) is 0 Å². The lowest BCUT2D eigenvalue weighted by Crippen LogP contribution is -2.53. The molecule has 6 unspecified atom stereocenters. The Morgan fingerprint density at radius 1 is 0.824 bits per heavy atom. The minimum absolute atomic E-state index is 0.0267. The third-order valence-corrected chi connectivity index (χ3v) is 11.6. The Hall–Kier alpha value is -5.41. The SMILES string of the molecule is COc1cc(O)ccc1C1C2=CCC3C(=O)N(CCc4ccc(O)cc4)C(=O)C3C2CC2C(=O)N(c3cccc(Cl)c3)C(=O)C21c1ccccc1. The number of ether oxygens (including phenoxy) is 1. The molecule has 2 aliphatic carbocycles. The number of aromatic hydroxyl groups is 2. The highest BCUT2D eigenvalue weighted by Gasteiger charge is 2.70. The fraction of sp³-hybridized carbons (Fsp3) is 0.268. The summed E-state index contributed by atoms with van der Waals surface area (Å²) in [6, 6.07) is 27.3. The average Bonchev–Trinajstić information content (AvgIpc) is 3.52. The van der Waals surface area contributed by atoms with Crippen molar-refractivity contribution in [2.24, 2.45) is 23.7 Å². The van der Waals surface area contributed by atoms with Crippen LogP contribution >= 0.6 is 11.6 Å². The number of anilines is 1. The molecule has 4 aromatic rings. The summed E-state index contributed by atoms with van der Waals surface area (Å²) >= 11 is 6.39. The number of hydrogen-bond donors (Lipinski definition) is 2. The van der Waals surface area contributed by atoms with Crippen molar-refractivity contribution in [2.45, 2.75) is 30.6 Å². The maximum atomic E-state index is 15.3. The minimum Gasteiger partial charge on any atom is -0.508 e. The lowest BCUT2D eigenvalue weighted by atomic mass is 9.49. The van der Waals surface area contributed by atoms with Crippen molar-refractivity contribution in [1.82, 2.24) is 4.90 Å².